The van der Waals surface area contributed by atoms with Gasteiger partial charge in [0.25, 0.3) is 0 Å². The highest BCUT2D eigenvalue weighted by Crippen LogP contribution is 2.46. The van der Waals surface area contributed by atoms with E-state index in [-0.39, 0.29) is 28.5 Å². The molecule has 98 valence electrons. The summed E-state index contributed by atoms with van der Waals surface area (Å²) in [7, 11) is 0. The molecular formula is C11H12ClNO5. The van der Waals surface area contributed by atoms with E-state index in [0.717, 1.165) is 0 Å². The van der Waals surface area contributed by atoms with Gasteiger partial charge in [-0.15, -0.1) is 0 Å². The van der Waals surface area contributed by atoms with E-state index in [4.69, 9.17) is 31.9 Å². The number of carboxylic acid groups (broad SMARTS) is 1. The number of nitrogens with two attached hydrogens (primary N) is 1. The van der Waals surface area contributed by atoms with E-state index in [9.17, 15) is 9.90 Å². The van der Waals surface area contributed by atoms with E-state index in [1.807, 2.05) is 0 Å². The van der Waals surface area contributed by atoms with Gasteiger partial charge in [-0.1, -0.05) is 11.6 Å². The van der Waals surface area contributed by atoms with Crippen molar-refractivity contribution in [3.05, 3.63) is 16.7 Å². The van der Waals surface area contributed by atoms with Crippen LogP contribution in [0.2, 0.25) is 5.02 Å². The molecule has 6 nitrogen and oxygen atoms in total. The number of carboxylic acids is 1. The van der Waals surface area contributed by atoms with Crippen LogP contribution in [0.5, 0.6) is 17.2 Å². The summed E-state index contributed by atoms with van der Waals surface area (Å²) < 4.78 is 10.6. The van der Waals surface area contributed by atoms with Crippen molar-refractivity contribution in [1.29, 1.82) is 0 Å². The molecule has 0 saturated carbocycles. The fourth-order valence-electron chi connectivity index (χ4n) is 1.74. The van der Waals surface area contributed by atoms with E-state index in [1.165, 1.54) is 6.07 Å². The van der Waals surface area contributed by atoms with Crippen LogP contribution in [0.1, 0.15) is 18.0 Å². The third-order valence-electron chi connectivity index (χ3n) is 2.57. The first kappa shape index (κ1) is 12.8. The number of benzene rings is 1. The van der Waals surface area contributed by atoms with Gasteiger partial charge in [-0.25, -0.2) is 0 Å². The molecule has 1 aromatic carbocycles. The van der Waals surface area contributed by atoms with Crippen LogP contribution in [0.4, 0.5) is 0 Å². The van der Waals surface area contributed by atoms with Crippen LogP contribution in [-0.4, -0.2) is 29.4 Å². The van der Waals surface area contributed by atoms with Gasteiger partial charge in [-0.05, 0) is 6.07 Å². The molecule has 0 spiro atoms. The second kappa shape index (κ2) is 4.91. The Morgan fingerprint density at radius 3 is 2.83 bits per heavy atom. The number of phenolic OH excluding ortho intramolecular Hbond substituents is 1. The molecule has 1 heterocycles. The molecule has 1 aromatic rings. The Morgan fingerprint density at radius 2 is 2.17 bits per heavy atom. The summed E-state index contributed by atoms with van der Waals surface area (Å²) in [5.41, 5.74) is 5.93. The van der Waals surface area contributed by atoms with Crippen molar-refractivity contribution in [3.8, 4) is 17.2 Å². The molecule has 1 atom stereocenters. The van der Waals surface area contributed by atoms with Crippen molar-refractivity contribution >= 4 is 17.6 Å². The van der Waals surface area contributed by atoms with Crippen molar-refractivity contribution in [3.63, 3.8) is 0 Å². The smallest absolute Gasteiger partial charge is 0.305 e. The minimum absolute atomic E-state index is 0.0111. The van der Waals surface area contributed by atoms with Gasteiger partial charge in [0.05, 0.1) is 6.42 Å². The maximum atomic E-state index is 10.6. The number of hydrogen-bond donors (Lipinski definition) is 3. The molecule has 1 aliphatic heterocycles. The van der Waals surface area contributed by atoms with Gasteiger partial charge < -0.3 is 25.4 Å². The number of rotatable bonds is 3. The first-order chi connectivity index (χ1) is 8.50. The molecule has 18 heavy (non-hydrogen) atoms. The Bertz CT molecular complexity index is 491. The minimum Gasteiger partial charge on any atom is -0.506 e. The van der Waals surface area contributed by atoms with Crippen molar-refractivity contribution in [2.75, 3.05) is 13.2 Å². The second-order valence-corrected chi connectivity index (χ2v) is 4.23. The maximum Gasteiger partial charge on any atom is 0.305 e. The monoisotopic (exact) mass is 273 g/mol. The fourth-order valence-corrected chi connectivity index (χ4v) is 1.99. The highest BCUT2D eigenvalue weighted by Gasteiger charge is 2.25. The summed E-state index contributed by atoms with van der Waals surface area (Å²) in [5.74, 6) is -0.714. The normalized spacial score (nSPS) is 15.2. The largest absolute Gasteiger partial charge is 0.506 e. The average Bonchev–Trinajstić information content (AvgIpc) is 2.33. The quantitative estimate of drug-likeness (QED) is 0.767. The van der Waals surface area contributed by atoms with Crippen LogP contribution in [0.15, 0.2) is 6.07 Å². The number of halogens is 1. The number of fused-ring (bicyclic) bond motifs is 1. The van der Waals surface area contributed by atoms with Crippen LogP contribution >= 0.6 is 11.6 Å². The summed E-state index contributed by atoms with van der Waals surface area (Å²) in [4.78, 5) is 10.6. The Labute approximate surface area is 108 Å². The molecule has 1 aliphatic rings. The van der Waals surface area contributed by atoms with Gasteiger partial charge in [0.2, 0.25) is 0 Å². The lowest BCUT2D eigenvalue weighted by molar-refractivity contribution is -0.137. The zero-order valence-corrected chi connectivity index (χ0v) is 10.1. The van der Waals surface area contributed by atoms with Crippen molar-refractivity contribution in [2.45, 2.75) is 12.5 Å². The fraction of sp³-hybridized carbons (Fsp3) is 0.364. The summed E-state index contributed by atoms with van der Waals surface area (Å²) >= 11 is 5.94. The molecule has 2 rings (SSSR count). The van der Waals surface area contributed by atoms with Gasteiger partial charge in [-0.3, -0.25) is 4.79 Å². The lowest BCUT2D eigenvalue weighted by Gasteiger charge is -2.22. The number of carbonyl (C=O) groups is 1. The molecule has 0 aliphatic carbocycles. The Morgan fingerprint density at radius 1 is 1.50 bits per heavy atom. The van der Waals surface area contributed by atoms with Crippen molar-refractivity contribution in [1.82, 2.24) is 0 Å². The van der Waals surface area contributed by atoms with E-state index < -0.39 is 12.0 Å². The molecular weight excluding hydrogens is 262 g/mol. The minimum atomic E-state index is -1.06. The second-order valence-electron chi connectivity index (χ2n) is 3.86. The molecule has 0 saturated heterocycles. The predicted molar refractivity (Wildman–Crippen MR) is 63.3 cm³/mol. The number of hydrogen-bond acceptors (Lipinski definition) is 5. The van der Waals surface area contributed by atoms with Crippen LogP contribution < -0.4 is 15.2 Å². The van der Waals surface area contributed by atoms with Gasteiger partial charge in [0.1, 0.15) is 24.0 Å². The molecule has 0 aromatic heterocycles. The summed E-state index contributed by atoms with van der Waals surface area (Å²) in [6.45, 7) is 0.703. The molecule has 0 fully saturated rings. The number of ether oxygens (including phenoxy) is 2. The lowest BCUT2D eigenvalue weighted by Crippen LogP contribution is -2.18. The highest BCUT2D eigenvalue weighted by molar-refractivity contribution is 6.34. The van der Waals surface area contributed by atoms with Gasteiger partial charge in [0, 0.05) is 11.6 Å². The Kier molecular flexibility index (Phi) is 3.49. The number of aromatic hydroxyl groups is 1. The average molecular weight is 274 g/mol. The SMILES string of the molecule is NC(CC(=O)O)c1cc2c(c(Cl)c1O)OCCO2. The van der Waals surface area contributed by atoms with Gasteiger partial charge in [0.15, 0.2) is 11.5 Å². The zero-order valence-electron chi connectivity index (χ0n) is 9.35. The molecule has 4 N–H and O–H groups in total. The van der Waals surface area contributed by atoms with Crippen LogP contribution in [0, 0.1) is 0 Å². The zero-order chi connectivity index (χ0) is 13.3. The van der Waals surface area contributed by atoms with E-state index in [1.54, 1.807) is 0 Å². The standard InChI is InChI=1S/C11H12ClNO5/c12-9-10(16)5(6(13)4-8(14)15)3-7-11(9)18-2-1-17-7/h3,6,16H,1-2,4,13H2,(H,14,15). The molecule has 0 amide bonds. The van der Waals surface area contributed by atoms with Crippen molar-refractivity contribution < 1.29 is 24.5 Å². The lowest BCUT2D eigenvalue weighted by atomic mass is 10.0. The van der Waals surface area contributed by atoms with Gasteiger partial charge in [-0.2, -0.15) is 0 Å². The number of phenols is 1. The third kappa shape index (κ3) is 2.30. The number of aliphatic carboxylic acids is 1. The maximum absolute atomic E-state index is 10.6. The van der Waals surface area contributed by atoms with Gasteiger partial charge >= 0.3 is 5.97 Å². The molecule has 7 heteroatoms. The Balaban J connectivity index is 2.42. The van der Waals surface area contributed by atoms with E-state index >= 15 is 0 Å². The van der Waals surface area contributed by atoms with E-state index in [2.05, 4.69) is 0 Å². The summed E-state index contributed by atoms with van der Waals surface area (Å²) in [5, 5.41) is 18.6. The first-order valence-corrected chi connectivity index (χ1v) is 5.67. The molecule has 0 radical (unpaired) electrons. The van der Waals surface area contributed by atoms with Crippen LogP contribution in [-0.2, 0) is 4.79 Å². The molecule has 0 bridgehead atoms. The topological polar surface area (TPSA) is 102 Å². The van der Waals surface area contributed by atoms with Crippen LogP contribution in [0.25, 0.3) is 0 Å². The third-order valence-corrected chi connectivity index (χ3v) is 2.92. The highest BCUT2D eigenvalue weighted by atomic mass is 35.5. The molecule has 1 unspecified atom stereocenters. The predicted octanol–water partition coefficient (Wildman–Crippen LogP) is 1.29. The van der Waals surface area contributed by atoms with E-state index in [0.29, 0.717) is 19.0 Å². The first-order valence-electron chi connectivity index (χ1n) is 5.29. The Hall–Kier alpha value is -1.66. The van der Waals surface area contributed by atoms with Crippen molar-refractivity contribution in [2.24, 2.45) is 5.73 Å². The summed E-state index contributed by atoms with van der Waals surface area (Å²) in [6.07, 6.45) is -0.316. The summed E-state index contributed by atoms with van der Waals surface area (Å²) in [6, 6.07) is 0.597. The van der Waals surface area contributed by atoms with Crippen LogP contribution in [0.3, 0.4) is 0 Å².